The van der Waals surface area contributed by atoms with Crippen molar-refractivity contribution in [3.63, 3.8) is 0 Å². The lowest BCUT2D eigenvalue weighted by atomic mass is 9.85. The smallest absolute Gasteiger partial charge is 0.123 e. The molecule has 0 spiro atoms. The molecule has 0 radical (unpaired) electrons. The molecule has 1 nitrogen and oxygen atoms in total. The zero-order chi connectivity index (χ0) is 10.3. The summed E-state index contributed by atoms with van der Waals surface area (Å²) in [4.78, 5) is 0. The highest BCUT2D eigenvalue weighted by Gasteiger charge is 2.31. The highest BCUT2D eigenvalue weighted by Crippen LogP contribution is 2.39. The van der Waals surface area contributed by atoms with Gasteiger partial charge in [-0.1, -0.05) is 39.8 Å². The quantitative estimate of drug-likeness (QED) is 0.658. The van der Waals surface area contributed by atoms with Crippen LogP contribution in [0.4, 0.5) is 0 Å². The summed E-state index contributed by atoms with van der Waals surface area (Å²) in [6.45, 7) is 9.74. The van der Waals surface area contributed by atoms with Crippen LogP contribution in [0.15, 0.2) is 18.2 Å². The molecule has 1 aliphatic rings. The molecule has 0 aliphatic carbocycles. The first kappa shape index (κ1) is 9.57. The fourth-order valence-electron chi connectivity index (χ4n) is 1.90. The summed E-state index contributed by atoms with van der Waals surface area (Å²) in [5.74, 6) is 1.66. The molecular formula is C13H18O. The lowest BCUT2D eigenvalue weighted by Gasteiger charge is -2.16. The number of ether oxygens (including phenoxy) is 1. The Morgan fingerprint density at radius 1 is 1.29 bits per heavy atom. The van der Waals surface area contributed by atoms with Crippen LogP contribution in [0.2, 0.25) is 0 Å². The van der Waals surface area contributed by atoms with E-state index >= 15 is 0 Å². The molecule has 0 atom stereocenters. The maximum absolute atomic E-state index is 5.65. The molecule has 1 heteroatoms. The topological polar surface area (TPSA) is 9.23 Å². The molecule has 2 rings (SSSR count). The van der Waals surface area contributed by atoms with Gasteiger partial charge in [0.05, 0.1) is 6.61 Å². The molecule has 14 heavy (non-hydrogen) atoms. The maximum Gasteiger partial charge on any atom is 0.123 e. The fourth-order valence-corrected chi connectivity index (χ4v) is 1.90. The number of rotatable bonds is 1. The second-order valence-electron chi connectivity index (χ2n) is 5.08. The summed E-state index contributed by atoms with van der Waals surface area (Å²) in [7, 11) is 0. The van der Waals surface area contributed by atoms with Crippen LogP contribution in [-0.2, 0) is 5.41 Å². The number of benzene rings is 1. The first-order valence-electron chi connectivity index (χ1n) is 5.28. The van der Waals surface area contributed by atoms with Crippen LogP contribution in [0.25, 0.3) is 0 Å². The second-order valence-corrected chi connectivity index (χ2v) is 5.08. The Balaban J connectivity index is 2.48. The van der Waals surface area contributed by atoms with E-state index in [9.17, 15) is 0 Å². The number of fused-ring (bicyclic) bond motifs is 1. The lowest BCUT2D eigenvalue weighted by molar-refractivity contribution is 0.291. The predicted molar refractivity (Wildman–Crippen MR) is 59.1 cm³/mol. The number of hydrogen-bond donors (Lipinski definition) is 0. The summed E-state index contributed by atoms with van der Waals surface area (Å²) >= 11 is 0. The van der Waals surface area contributed by atoms with Crippen molar-refractivity contribution in [1.29, 1.82) is 0 Å². The van der Waals surface area contributed by atoms with Crippen molar-refractivity contribution in [2.45, 2.75) is 39.0 Å². The van der Waals surface area contributed by atoms with E-state index in [1.54, 1.807) is 0 Å². The van der Waals surface area contributed by atoms with Crippen LogP contribution in [-0.4, -0.2) is 6.61 Å². The molecule has 0 N–H and O–H groups in total. The van der Waals surface area contributed by atoms with Gasteiger partial charge in [0, 0.05) is 11.0 Å². The van der Waals surface area contributed by atoms with Gasteiger partial charge in [0.2, 0.25) is 0 Å². The third kappa shape index (κ3) is 1.41. The highest BCUT2D eigenvalue weighted by atomic mass is 16.5. The average Bonchev–Trinajstić information content (AvgIpc) is 2.42. The third-order valence-electron chi connectivity index (χ3n) is 2.99. The largest absolute Gasteiger partial charge is 0.492 e. The molecule has 0 aromatic heterocycles. The molecule has 1 aromatic rings. The zero-order valence-electron chi connectivity index (χ0n) is 9.42. The maximum atomic E-state index is 5.65. The van der Waals surface area contributed by atoms with Crippen LogP contribution in [0, 0.1) is 0 Å². The molecule has 1 aliphatic heterocycles. The molecule has 0 saturated heterocycles. The van der Waals surface area contributed by atoms with Crippen LogP contribution in [0.3, 0.4) is 0 Å². The van der Waals surface area contributed by atoms with E-state index in [0.717, 1.165) is 12.4 Å². The van der Waals surface area contributed by atoms with Crippen molar-refractivity contribution in [3.8, 4) is 5.75 Å². The molecular weight excluding hydrogens is 172 g/mol. The minimum absolute atomic E-state index is 0.181. The van der Waals surface area contributed by atoms with Gasteiger partial charge in [0.15, 0.2) is 0 Å². The van der Waals surface area contributed by atoms with E-state index in [1.165, 1.54) is 11.1 Å². The van der Waals surface area contributed by atoms with E-state index in [1.807, 2.05) is 0 Å². The third-order valence-corrected chi connectivity index (χ3v) is 2.99. The van der Waals surface area contributed by atoms with E-state index in [-0.39, 0.29) is 5.41 Å². The Labute approximate surface area is 86.1 Å². The minimum Gasteiger partial charge on any atom is -0.492 e. The van der Waals surface area contributed by atoms with Gasteiger partial charge in [0.1, 0.15) is 5.75 Å². The Morgan fingerprint density at radius 2 is 2.00 bits per heavy atom. The second kappa shape index (κ2) is 3.01. The van der Waals surface area contributed by atoms with Crippen molar-refractivity contribution < 1.29 is 4.74 Å². The average molecular weight is 190 g/mol. The Morgan fingerprint density at radius 3 is 2.64 bits per heavy atom. The summed E-state index contributed by atoms with van der Waals surface area (Å²) in [5.41, 5.74) is 2.95. The Hall–Kier alpha value is -0.980. The monoisotopic (exact) mass is 190 g/mol. The number of hydrogen-bond acceptors (Lipinski definition) is 1. The van der Waals surface area contributed by atoms with Gasteiger partial charge in [-0.3, -0.25) is 0 Å². The molecule has 76 valence electrons. The van der Waals surface area contributed by atoms with Crippen molar-refractivity contribution >= 4 is 0 Å². The van der Waals surface area contributed by atoms with Gasteiger partial charge in [-0.05, 0) is 17.5 Å². The highest BCUT2D eigenvalue weighted by molar-refractivity contribution is 5.45. The zero-order valence-corrected chi connectivity index (χ0v) is 9.42. The molecule has 0 bridgehead atoms. The predicted octanol–water partition coefficient (Wildman–Crippen LogP) is 3.48. The van der Waals surface area contributed by atoms with E-state index in [4.69, 9.17) is 4.74 Å². The standard InChI is InChI=1S/C13H18O/c1-9(2)10-5-6-12-11(7-10)13(3,4)8-14-12/h5-7,9H,8H2,1-4H3. The van der Waals surface area contributed by atoms with Gasteiger partial charge in [0.25, 0.3) is 0 Å². The van der Waals surface area contributed by atoms with E-state index in [2.05, 4.69) is 45.9 Å². The van der Waals surface area contributed by atoms with Gasteiger partial charge in [-0.2, -0.15) is 0 Å². The minimum atomic E-state index is 0.181. The van der Waals surface area contributed by atoms with Gasteiger partial charge < -0.3 is 4.74 Å². The molecule has 0 unspecified atom stereocenters. The van der Waals surface area contributed by atoms with Crippen LogP contribution < -0.4 is 4.74 Å². The Bertz CT molecular complexity index is 350. The van der Waals surface area contributed by atoms with Crippen LogP contribution >= 0.6 is 0 Å². The summed E-state index contributed by atoms with van der Waals surface area (Å²) < 4.78 is 5.65. The summed E-state index contributed by atoms with van der Waals surface area (Å²) in [6, 6.07) is 6.58. The van der Waals surface area contributed by atoms with Crippen molar-refractivity contribution in [2.75, 3.05) is 6.61 Å². The normalized spacial score (nSPS) is 18.1. The van der Waals surface area contributed by atoms with Crippen LogP contribution in [0.5, 0.6) is 5.75 Å². The lowest BCUT2D eigenvalue weighted by Crippen LogP contribution is -2.18. The first-order chi connectivity index (χ1) is 6.50. The first-order valence-corrected chi connectivity index (χ1v) is 5.28. The van der Waals surface area contributed by atoms with E-state index in [0.29, 0.717) is 5.92 Å². The summed E-state index contributed by atoms with van der Waals surface area (Å²) in [6.07, 6.45) is 0. The molecule has 0 saturated carbocycles. The Kier molecular flexibility index (Phi) is 2.06. The van der Waals surface area contributed by atoms with Gasteiger partial charge in [-0.25, -0.2) is 0 Å². The summed E-state index contributed by atoms with van der Waals surface area (Å²) in [5, 5.41) is 0. The fraction of sp³-hybridized carbons (Fsp3) is 0.538. The molecule has 0 fully saturated rings. The van der Waals surface area contributed by atoms with Crippen molar-refractivity contribution in [1.82, 2.24) is 0 Å². The van der Waals surface area contributed by atoms with Gasteiger partial charge >= 0.3 is 0 Å². The van der Waals surface area contributed by atoms with Crippen molar-refractivity contribution in [3.05, 3.63) is 29.3 Å². The molecule has 1 aromatic carbocycles. The molecule has 1 heterocycles. The van der Waals surface area contributed by atoms with E-state index < -0.39 is 0 Å². The van der Waals surface area contributed by atoms with Crippen LogP contribution in [0.1, 0.15) is 44.7 Å². The van der Waals surface area contributed by atoms with Crippen molar-refractivity contribution in [2.24, 2.45) is 0 Å². The van der Waals surface area contributed by atoms with Gasteiger partial charge in [-0.15, -0.1) is 0 Å². The SMILES string of the molecule is CC(C)c1ccc2c(c1)C(C)(C)CO2. The molecule has 0 amide bonds.